The molecule has 0 aliphatic rings. The number of nitrogen functional groups attached to an aromatic ring is 2. The number of carbonyl (C=O) groups excluding carboxylic acids is 1. The lowest BCUT2D eigenvalue weighted by molar-refractivity contribution is 0.102. The Morgan fingerprint density at radius 3 is 2.50 bits per heavy atom. The minimum Gasteiger partial charge on any atom is -0.399 e. The quantitative estimate of drug-likeness (QED) is 0.574. The van der Waals surface area contributed by atoms with Crippen LogP contribution in [0.15, 0.2) is 42.5 Å². The molecule has 0 saturated carbocycles. The van der Waals surface area contributed by atoms with Gasteiger partial charge in [-0.05, 0) is 52.9 Å². The summed E-state index contributed by atoms with van der Waals surface area (Å²) in [6.45, 7) is 0. The average Bonchev–Trinajstić information content (AvgIpc) is 2.32. The number of nitrogens with two attached hydrogens (primary N) is 2. The van der Waals surface area contributed by atoms with Crippen molar-refractivity contribution in [2.45, 2.75) is 0 Å². The summed E-state index contributed by atoms with van der Waals surface area (Å²) in [4.78, 5) is 12.1. The maximum atomic E-state index is 12.1. The Morgan fingerprint density at radius 1 is 1.11 bits per heavy atom. The molecule has 0 fully saturated rings. The van der Waals surface area contributed by atoms with Gasteiger partial charge in [0.05, 0.1) is 11.3 Å². The van der Waals surface area contributed by atoms with Crippen LogP contribution in [0.3, 0.4) is 0 Å². The van der Waals surface area contributed by atoms with Gasteiger partial charge in [0.15, 0.2) is 0 Å². The molecule has 0 atom stereocenters. The zero-order valence-corrected chi connectivity index (χ0v) is 11.6. The van der Waals surface area contributed by atoms with Crippen LogP contribution >= 0.6 is 22.6 Å². The zero-order valence-electron chi connectivity index (χ0n) is 9.48. The van der Waals surface area contributed by atoms with Crippen LogP contribution in [0.25, 0.3) is 0 Å². The molecule has 0 saturated heterocycles. The van der Waals surface area contributed by atoms with Crippen molar-refractivity contribution >= 4 is 45.6 Å². The molecule has 0 heterocycles. The van der Waals surface area contributed by atoms with Crippen LogP contribution in [0.1, 0.15) is 10.4 Å². The van der Waals surface area contributed by atoms with Gasteiger partial charge in [-0.2, -0.15) is 0 Å². The van der Waals surface area contributed by atoms with Crippen LogP contribution in [0.5, 0.6) is 0 Å². The van der Waals surface area contributed by atoms with Crippen molar-refractivity contribution < 1.29 is 4.79 Å². The molecule has 0 unspecified atom stereocenters. The van der Waals surface area contributed by atoms with E-state index in [1.165, 1.54) is 0 Å². The van der Waals surface area contributed by atoms with E-state index >= 15 is 0 Å². The Labute approximate surface area is 119 Å². The van der Waals surface area contributed by atoms with E-state index in [9.17, 15) is 4.79 Å². The van der Waals surface area contributed by atoms with Crippen molar-refractivity contribution in [3.63, 3.8) is 0 Å². The van der Waals surface area contributed by atoms with Crippen LogP contribution in [0, 0.1) is 3.57 Å². The van der Waals surface area contributed by atoms with Gasteiger partial charge in [-0.3, -0.25) is 4.79 Å². The van der Waals surface area contributed by atoms with Crippen molar-refractivity contribution in [1.29, 1.82) is 0 Å². The van der Waals surface area contributed by atoms with E-state index in [0.717, 1.165) is 9.26 Å². The summed E-state index contributed by atoms with van der Waals surface area (Å²) in [6, 6.07) is 12.4. The molecule has 0 spiro atoms. The monoisotopic (exact) mass is 353 g/mol. The summed E-state index contributed by atoms with van der Waals surface area (Å²) < 4.78 is 0.970. The average molecular weight is 353 g/mol. The Morgan fingerprint density at radius 2 is 1.83 bits per heavy atom. The summed E-state index contributed by atoms with van der Waals surface area (Å²) in [5.41, 5.74) is 13.5. The fourth-order valence-electron chi connectivity index (χ4n) is 1.54. The summed E-state index contributed by atoms with van der Waals surface area (Å²) in [5.74, 6) is -0.239. The maximum absolute atomic E-state index is 12.1. The molecule has 0 aliphatic heterocycles. The number of carbonyl (C=O) groups is 1. The van der Waals surface area contributed by atoms with Gasteiger partial charge in [0, 0.05) is 14.9 Å². The second kappa shape index (κ2) is 5.26. The van der Waals surface area contributed by atoms with Gasteiger partial charge in [-0.1, -0.05) is 12.1 Å². The van der Waals surface area contributed by atoms with Gasteiger partial charge in [0.2, 0.25) is 0 Å². The third-order valence-corrected chi connectivity index (χ3v) is 3.38. The summed E-state index contributed by atoms with van der Waals surface area (Å²) >= 11 is 2.16. The van der Waals surface area contributed by atoms with Crippen molar-refractivity contribution in [3.05, 3.63) is 51.6 Å². The molecule has 2 rings (SSSR count). The topological polar surface area (TPSA) is 81.1 Å². The molecule has 4 nitrogen and oxygen atoms in total. The van der Waals surface area contributed by atoms with Gasteiger partial charge in [0.1, 0.15) is 0 Å². The van der Waals surface area contributed by atoms with Gasteiger partial charge in [-0.25, -0.2) is 0 Å². The number of amides is 1. The minimum absolute atomic E-state index is 0.239. The molecule has 0 aliphatic carbocycles. The number of hydrogen-bond donors (Lipinski definition) is 3. The SMILES string of the molecule is Nc1ccc(C(=O)Nc2ccccc2I)c(N)c1. The fourth-order valence-corrected chi connectivity index (χ4v) is 2.06. The van der Waals surface area contributed by atoms with E-state index in [2.05, 4.69) is 27.9 Å². The molecule has 5 N–H and O–H groups in total. The largest absolute Gasteiger partial charge is 0.399 e. The highest BCUT2D eigenvalue weighted by atomic mass is 127. The zero-order chi connectivity index (χ0) is 13.1. The van der Waals surface area contributed by atoms with Crippen molar-refractivity contribution in [2.24, 2.45) is 0 Å². The lowest BCUT2D eigenvalue weighted by atomic mass is 10.1. The molecular weight excluding hydrogens is 341 g/mol. The lowest BCUT2D eigenvalue weighted by Crippen LogP contribution is -2.14. The Balaban J connectivity index is 2.25. The normalized spacial score (nSPS) is 10.1. The van der Waals surface area contributed by atoms with Gasteiger partial charge >= 0.3 is 0 Å². The maximum Gasteiger partial charge on any atom is 0.257 e. The van der Waals surface area contributed by atoms with E-state index in [1.807, 2.05) is 24.3 Å². The third kappa shape index (κ3) is 2.73. The number of benzene rings is 2. The molecule has 0 bridgehead atoms. The first kappa shape index (κ1) is 12.7. The smallest absolute Gasteiger partial charge is 0.257 e. The fraction of sp³-hybridized carbons (Fsp3) is 0. The molecule has 0 aromatic heterocycles. The molecular formula is C13H12IN3O. The lowest BCUT2D eigenvalue weighted by Gasteiger charge is -2.09. The molecule has 2 aromatic carbocycles. The molecule has 5 heteroatoms. The van der Waals surface area contributed by atoms with Crippen LogP contribution in [0.4, 0.5) is 17.1 Å². The van der Waals surface area contributed by atoms with E-state index in [4.69, 9.17) is 11.5 Å². The summed E-state index contributed by atoms with van der Waals surface area (Å²) in [6.07, 6.45) is 0. The first-order chi connectivity index (χ1) is 8.58. The highest BCUT2D eigenvalue weighted by Gasteiger charge is 2.11. The van der Waals surface area contributed by atoms with E-state index < -0.39 is 0 Å². The minimum atomic E-state index is -0.239. The predicted octanol–water partition coefficient (Wildman–Crippen LogP) is 2.71. The van der Waals surface area contributed by atoms with Crippen LogP contribution in [0.2, 0.25) is 0 Å². The van der Waals surface area contributed by atoms with Gasteiger partial charge in [0.25, 0.3) is 5.91 Å². The number of para-hydroxylation sites is 1. The van der Waals surface area contributed by atoms with Crippen LogP contribution in [-0.2, 0) is 0 Å². The summed E-state index contributed by atoms with van der Waals surface area (Å²) in [7, 11) is 0. The van der Waals surface area contributed by atoms with Crippen molar-refractivity contribution in [3.8, 4) is 0 Å². The highest BCUT2D eigenvalue weighted by Crippen LogP contribution is 2.20. The second-order valence-corrected chi connectivity index (χ2v) is 4.94. The van der Waals surface area contributed by atoms with Gasteiger partial charge in [-0.15, -0.1) is 0 Å². The first-order valence-electron chi connectivity index (χ1n) is 5.29. The van der Waals surface area contributed by atoms with E-state index in [1.54, 1.807) is 18.2 Å². The molecule has 92 valence electrons. The standard InChI is InChI=1S/C13H12IN3O/c14-10-3-1-2-4-12(10)17-13(18)9-6-5-8(15)7-11(9)16/h1-7H,15-16H2,(H,17,18). The van der Waals surface area contributed by atoms with Crippen molar-refractivity contribution in [2.75, 3.05) is 16.8 Å². The Hall–Kier alpha value is -1.76. The number of nitrogens with one attached hydrogen (secondary N) is 1. The Kier molecular flexibility index (Phi) is 3.71. The number of rotatable bonds is 2. The summed E-state index contributed by atoms with van der Waals surface area (Å²) in [5, 5.41) is 2.82. The van der Waals surface area contributed by atoms with Gasteiger partial charge < -0.3 is 16.8 Å². The molecule has 2 aromatic rings. The predicted molar refractivity (Wildman–Crippen MR) is 82.4 cm³/mol. The number of anilines is 3. The molecule has 0 radical (unpaired) electrons. The van der Waals surface area contributed by atoms with Crippen molar-refractivity contribution in [1.82, 2.24) is 0 Å². The number of hydrogen-bond acceptors (Lipinski definition) is 3. The molecule has 1 amide bonds. The van der Waals surface area contributed by atoms with E-state index in [0.29, 0.717) is 16.9 Å². The Bertz CT molecular complexity index is 599. The van der Waals surface area contributed by atoms with Crippen LogP contribution < -0.4 is 16.8 Å². The second-order valence-electron chi connectivity index (χ2n) is 3.78. The highest BCUT2D eigenvalue weighted by molar-refractivity contribution is 14.1. The third-order valence-electron chi connectivity index (χ3n) is 2.44. The first-order valence-corrected chi connectivity index (χ1v) is 6.36. The number of halogens is 1. The van der Waals surface area contributed by atoms with E-state index in [-0.39, 0.29) is 5.91 Å². The molecule has 18 heavy (non-hydrogen) atoms. The van der Waals surface area contributed by atoms with Crippen LogP contribution in [-0.4, -0.2) is 5.91 Å².